The van der Waals surface area contributed by atoms with Crippen molar-refractivity contribution in [2.45, 2.75) is 53.5 Å². The van der Waals surface area contributed by atoms with Gasteiger partial charge in [0.15, 0.2) is 0 Å². The smallest absolute Gasteiger partial charge is 0.134 e. The summed E-state index contributed by atoms with van der Waals surface area (Å²) in [5.41, 5.74) is 8.50. The summed E-state index contributed by atoms with van der Waals surface area (Å²) in [6, 6.07) is -0.101. The maximum atomic E-state index is 6.23. The highest BCUT2D eigenvalue weighted by atomic mass is 32.1. The number of aromatic nitrogens is 3. The molecule has 2 rings (SSSR count). The number of rotatable bonds is 6. The minimum absolute atomic E-state index is 0.101. The molecule has 1 atom stereocenters. The van der Waals surface area contributed by atoms with Crippen molar-refractivity contribution in [3.63, 3.8) is 0 Å². The number of aryl methyl sites for hydroxylation is 1. The second kappa shape index (κ2) is 10.4. The maximum Gasteiger partial charge on any atom is 0.134 e. The molecule has 2 aromatic rings. The lowest BCUT2D eigenvalue weighted by atomic mass is 10.1. The first kappa shape index (κ1) is 19.7. The number of nitrogens with two attached hydrogens (primary N) is 1. The van der Waals surface area contributed by atoms with E-state index in [2.05, 4.69) is 32.7 Å². The Bertz CT molecular complexity index is 641. The normalized spacial score (nSPS) is 13.0. The van der Waals surface area contributed by atoms with Gasteiger partial charge in [0.05, 0.1) is 16.7 Å². The van der Waals surface area contributed by atoms with Crippen LogP contribution in [0, 0.1) is 6.92 Å². The first-order valence-electron chi connectivity index (χ1n) is 7.89. The van der Waals surface area contributed by atoms with E-state index >= 15 is 0 Å². The highest BCUT2D eigenvalue weighted by molar-refractivity contribution is 7.11. The Morgan fingerprint density at radius 1 is 1.30 bits per heavy atom. The second-order valence-corrected chi connectivity index (χ2v) is 6.90. The molecule has 0 spiro atoms. The molecule has 6 heteroatoms. The fourth-order valence-corrected chi connectivity index (χ4v) is 3.44. The molecule has 0 aliphatic carbocycles. The van der Waals surface area contributed by atoms with Crippen molar-refractivity contribution >= 4 is 22.7 Å². The minimum atomic E-state index is -0.101. The molecule has 0 aliphatic heterocycles. The number of hydrogen-bond acceptors (Lipinski definition) is 6. The molecule has 4 nitrogen and oxygen atoms in total. The van der Waals surface area contributed by atoms with Crippen molar-refractivity contribution in [2.24, 2.45) is 5.73 Å². The van der Waals surface area contributed by atoms with Crippen LogP contribution in [0.25, 0.3) is 0 Å². The van der Waals surface area contributed by atoms with Gasteiger partial charge in [0.2, 0.25) is 0 Å². The summed E-state index contributed by atoms with van der Waals surface area (Å²) >= 11 is 3.24. The van der Waals surface area contributed by atoms with E-state index in [0.29, 0.717) is 0 Å². The van der Waals surface area contributed by atoms with E-state index in [-0.39, 0.29) is 6.04 Å². The summed E-state index contributed by atoms with van der Waals surface area (Å²) < 4.78 is 0. The third-order valence-corrected chi connectivity index (χ3v) is 4.88. The SMILES string of the molecule is C/C=C\C(=C/C)C[C@@H](N)c1nnc(Cc2csc(C)n2)s1.CC. The van der Waals surface area contributed by atoms with Gasteiger partial charge < -0.3 is 5.73 Å². The van der Waals surface area contributed by atoms with Crippen molar-refractivity contribution in [3.05, 3.63) is 49.9 Å². The number of hydrogen-bond donors (Lipinski definition) is 1. The maximum absolute atomic E-state index is 6.23. The summed E-state index contributed by atoms with van der Waals surface area (Å²) in [4.78, 5) is 4.45. The van der Waals surface area contributed by atoms with Crippen molar-refractivity contribution in [2.75, 3.05) is 0 Å². The Hall–Kier alpha value is -1.37. The van der Waals surface area contributed by atoms with Crippen LogP contribution in [0.1, 0.15) is 60.9 Å². The van der Waals surface area contributed by atoms with Gasteiger partial charge in [0.25, 0.3) is 0 Å². The standard InChI is InChI=1S/C15H20N4S2.C2H6/c1-4-6-11(5-2)7-13(16)15-19-18-14(21-15)8-12-9-20-10(3)17-12;1-2/h4-6,9,13H,7-8,16H2,1-3H3;1-2H3/b6-4-,11-5+;/t13-;/m1./s1. The third-order valence-electron chi connectivity index (χ3n) is 3.01. The molecule has 0 amide bonds. The van der Waals surface area contributed by atoms with E-state index in [1.54, 1.807) is 22.7 Å². The van der Waals surface area contributed by atoms with Crippen LogP contribution in [0.5, 0.6) is 0 Å². The van der Waals surface area contributed by atoms with Crippen molar-refractivity contribution in [3.8, 4) is 0 Å². The molecule has 2 N–H and O–H groups in total. The Morgan fingerprint density at radius 2 is 2.04 bits per heavy atom. The van der Waals surface area contributed by atoms with E-state index in [9.17, 15) is 0 Å². The van der Waals surface area contributed by atoms with Crippen LogP contribution in [0.4, 0.5) is 0 Å². The number of thiazole rings is 1. The Morgan fingerprint density at radius 3 is 2.61 bits per heavy atom. The van der Waals surface area contributed by atoms with Crippen molar-refractivity contribution in [1.82, 2.24) is 15.2 Å². The second-order valence-electron chi connectivity index (χ2n) is 4.74. The van der Waals surface area contributed by atoms with Crippen LogP contribution in [-0.2, 0) is 6.42 Å². The summed E-state index contributed by atoms with van der Waals surface area (Å²) in [7, 11) is 0. The van der Waals surface area contributed by atoms with E-state index in [4.69, 9.17) is 5.73 Å². The van der Waals surface area contributed by atoms with Gasteiger partial charge >= 0.3 is 0 Å². The van der Waals surface area contributed by atoms with Gasteiger partial charge in [-0.25, -0.2) is 4.98 Å². The lowest BCUT2D eigenvalue weighted by Crippen LogP contribution is -2.10. The summed E-state index contributed by atoms with van der Waals surface area (Å²) in [6.07, 6.45) is 7.71. The fraction of sp³-hybridized carbons (Fsp3) is 0.471. The molecule has 0 saturated heterocycles. The summed E-state index contributed by atoms with van der Waals surface area (Å²) in [5.74, 6) is 0. The van der Waals surface area contributed by atoms with Crippen molar-refractivity contribution in [1.29, 1.82) is 0 Å². The first-order chi connectivity index (χ1) is 11.1. The number of nitrogens with zero attached hydrogens (tertiary/aromatic N) is 3. The fourth-order valence-electron chi connectivity index (χ4n) is 1.97. The predicted octanol–water partition coefficient (Wildman–Crippen LogP) is 4.83. The Balaban J connectivity index is 0.00000127. The first-order valence-corrected chi connectivity index (χ1v) is 9.58. The van der Waals surface area contributed by atoms with Crippen LogP contribution in [-0.4, -0.2) is 15.2 Å². The van der Waals surface area contributed by atoms with Crippen LogP contribution >= 0.6 is 22.7 Å². The molecule has 0 aliphatic rings. The molecule has 0 fully saturated rings. The van der Waals surface area contributed by atoms with E-state index in [1.165, 1.54) is 5.57 Å². The molecular formula is C17H26N4S2. The van der Waals surface area contributed by atoms with Crippen LogP contribution in [0.3, 0.4) is 0 Å². The molecule has 0 radical (unpaired) electrons. The predicted molar refractivity (Wildman–Crippen MR) is 101 cm³/mol. The van der Waals surface area contributed by atoms with Crippen molar-refractivity contribution < 1.29 is 0 Å². The lowest BCUT2D eigenvalue weighted by molar-refractivity contribution is 0.704. The average Bonchev–Trinajstić information content (AvgIpc) is 3.18. The molecule has 0 bridgehead atoms. The minimum Gasteiger partial charge on any atom is -0.322 e. The van der Waals surface area contributed by atoms with Gasteiger partial charge in [-0.15, -0.1) is 21.5 Å². The van der Waals surface area contributed by atoms with Gasteiger partial charge in [0, 0.05) is 11.8 Å². The van der Waals surface area contributed by atoms with Crippen LogP contribution in [0.15, 0.2) is 29.2 Å². The zero-order chi connectivity index (χ0) is 17.2. The topological polar surface area (TPSA) is 64.7 Å². The highest BCUT2D eigenvalue weighted by Crippen LogP contribution is 2.24. The molecule has 23 heavy (non-hydrogen) atoms. The molecule has 0 unspecified atom stereocenters. The average molecular weight is 351 g/mol. The summed E-state index contributed by atoms with van der Waals surface area (Å²) in [5, 5.41) is 13.5. The largest absolute Gasteiger partial charge is 0.322 e. The molecule has 0 saturated carbocycles. The highest BCUT2D eigenvalue weighted by Gasteiger charge is 2.14. The quantitative estimate of drug-likeness (QED) is 0.758. The van der Waals surface area contributed by atoms with Gasteiger partial charge in [-0.05, 0) is 27.2 Å². The Labute approximate surface area is 147 Å². The van der Waals surface area contributed by atoms with E-state index in [1.807, 2.05) is 40.7 Å². The van der Waals surface area contributed by atoms with Gasteiger partial charge in [-0.2, -0.15) is 0 Å². The van der Waals surface area contributed by atoms with Gasteiger partial charge in [-0.3, -0.25) is 0 Å². The summed E-state index contributed by atoms with van der Waals surface area (Å²) in [6.45, 7) is 10.0. The van der Waals surface area contributed by atoms with Crippen LogP contribution < -0.4 is 5.73 Å². The van der Waals surface area contributed by atoms with Gasteiger partial charge in [-0.1, -0.05) is 49.0 Å². The molecule has 0 aromatic carbocycles. The monoisotopic (exact) mass is 350 g/mol. The molecule has 126 valence electrons. The van der Waals surface area contributed by atoms with E-state index < -0.39 is 0 Å². The zero-order valence-electron chi connectivity index (χ0n) is 14.5. The number of allylic oxidation sites excluding steroid dienone is 3. The molecule has 2 heterocycles. The third kappa shape index (κ3) is 6.33. The Kier molecular flexibility index (Phi) is 8.91. The van der Waals surface area contributed by atoms with E-state index in [0.717, 1.165) is 33.6 Å². The molecular weight excluding hydrogens is 324 g/mol. The lowest BCUT2D eigenvalue weighted by Gasteiger charge is -2.08. The zero-order valence-corrected chi connectivity index (χ0v) is 16.2. The molecule has 2 aromatic heterocycles. The van der Waals surface area contributed by atoms with Crippen LogP contribution in [0.2, 0.25) is 0 Å². The van der Waals surface area contributed by atoms with Gasteiger partial charge in [0.1, 0.15) is 10.0 Å².